The minimum Gasteiger partial charge on any atom is -0.354 e. The highest BCUT2D eigenvalue weighted by Gasteiger charge is 2.30. The van der Waals surface area contributed by atoms with E-state index in [2.05, 4.69) is 9.97 Å². The van der Waals surface area contributed by atoms with Crippen LogP contribution in [-0.2, 0) is 16.4 Å². The summed E-state index contributed by atoms with van der Waals surface area (Å²) in [6.07, 6.45) is 2.31. The number of halogens is 1. The molecule has 4 rings (SSSR count). The number of aryl methyl sites for hydroxylation is 1. The zero-order valence-electron chi connectivity index (χ0n) is 16.0. The number of hydrogen-bond acceptors (Lipinski definition) is 6. The second kappa shape index (κ2) is 8.17. The summed E-state index contributed by atoms with van der Waals surface area (Å²) < 4.78 is 40.9. The van der Waals surface area contributed by atoms with Gasteiger partial charge in [-0.3, -0.25) is 0 Å². The molecule has 0 unspecified atom stereocenters. The largest absolute Gasteiger partial charge is 0.354 e. The Kier molecular flexibility index (Phi) is 5.62. The van der Waals surface area contributed by atoms with E-state index in [9.17, 15) is 12.8 Å². The van der Waals surface area contributed by atoms with Gasteiger partial charge in [0.15, 0.2) is 0 Å². The summed E-state index contributed by atoms with van der Waals surface area (Å²) in [5, 5.41) is 0. The minimum absolute atomic E-state index is 0.294. The van der Waals surface area contributed by atoms with Crippen molar-refractivity contribution >= 4 is 27.2 Å². The molecule has 2 aromatic heterocycles. The van der Waals surface area contributed by atoms with Crippen molar-refractivity contribution in [2.24, 2.45) is 0 Å². The number of nitrogens with zero attached hydrogens (tertiary/aromatic N) is 4. The number of hydrogen-bond donors (Lipinski definition) is 0. The van der Waals surface area contributed by atoms with Gasteiger partial charge in [-0.25, -0.2) is 22.8 Å². The lowest BCUT2D eigenvalue weighted by molar-refractivity contribution is 0.385. The fourth-order valence-electron chi connectivity index (χ4n) is 3.27. The van der Waals surface area contributed by atoms with Crippen LogP contribution in [0.25, 0.3) is 11.3 Å². The predicted molar refractivity (Wildman–Crippen MR) is 112 cm³/mol. The van der Waals surface area contributed by atoms with E-state index in [-0.39, 0.29) is 5.82 Å². The first-order valence-electron chi connectivity index (χ1n) is 9.39. The van der Waals surface area contributed by atoms with Gasteiger partial charge >= 0.3 is 0 Å². The Morgan fingerprint density at radius 3 is 2.41 bits per heavy atom. The Morgan fingerprint density at radius 1 is 1.03 bits per heavy atom. The SMILES string of the molecule is CCc1ccc(S(=O)(=O)N2CCN(c3cc(-c4ccc(F)cc4)ncn3)CC2)s1. The number of thiophene rings is 1. The summed E-state index contributed by atoms with van der Waals surface area (Å²) >= 11 is 1.34. The second-order valence-electron chi connectivity index (χ2n) is 6.73. The van der Waals surface area contributed by atoms with Gasteiger partial charge in [-0.05, 0) is 42.8 Å². The highest BCUT2D eigenvalue weighted by Crippen LogP contribution is 2.27. The van der Waals surface area contributed by atoms with E-state index in [0.29, 0.717) is 36.1 Å². The Balaban J connectivity index is 1.47. The number of piperazine rings is 1. The molecular weight excluding hydrogens is 411 g/mol. The number of anilines is 1. The Bertz CT molecular complexity index is 1090. The highest BCUT2D eigenvalue weighted by atomic mass is 32.2. The van der Waals surface area contributed by atoms with Crippen molar-refractivity contribution in [3.8, 4) is 11.3 Å². The summed E-state index contributed by atoms with van der Waals surface area (Å²) in [6, 6.07) is 11.6. The average Bonchev–Trinajstić information content (AvgIpc) is 3.25. The Morgan fingerprint density at radius 2 is 1.76 bits per heavy atom. The van der Waals surface area contributed by atoms with E-state index in [1.54, 1.807) is 18.2 Å². The molecule has 1 saturated heterocycles. The van der Waals surface area contributed by atoms with Crippen molar-refractivity contribution in [3.63, 3.8) is 0 Å². The van der Waals surface area contributed by atoms with Crippen molar-refractivity contribution in [1.82, 2.24) is 14.3 Å². The molecule has 0 N–H and O–H groups in total. The third-order valence-corrected chi connectivity index (χ3v) is 8.53. The van der Waals surface area contributed by atoms with E-state index in [0.717, 1.165) is 22.7 Å². The van der Waals surface area contributed by atoms with Gasteiger partial charge in [0.1, 0.15) is 22.2 Å². The summed E-state index contributed by atoms with van der Waals surface area (Å²) in [4.78, 5) is 11.7. The number of sulfonamides is 1. The van der Waals surface area contributed by atoms with Crippen LogP contribution in [0.2, 0.25) is 0 Å². The molecule has 3 heterocycles. The standard InChI is InChI=1S/C20H21FN4O2S2/c1-2-17-7-8-20(28-17)29(26,27)25-11-9-24(10-12-25)19-13-18(22-14-23-19)15-3-5-16(21)6-4-15/h3-8,13-14H,2,9-12H2,1H3. The molecule has 3 aromatic rings. The first-order chi connectivity index (χ1) is 14.0. The molecule has 0 radical (unpaired) electrons. The van der Waals surface area contributed by atoms with Crippen molar-refractivity contribution in [3.05, 3.63) is 59.5 Å². The minimum atomic E-state index is -3.46. The normalized spacial score (nSPS) is 15.6. The van der Waals surface area contributed by atoms with Crippen molar-refractivity contribution in [2.45, 2.75) is 17.6 Å². The number of benzene rings is 1. The summed E-state index contributed by atoms with van der Waals surface area (Å²) in [6.45, 7) is 3.91. The summed E-state index contributed by atoms with van der Waals surface area (Å²) in [5.41, 5.74) is 1.51. The van der Waals surface area contributed by atoms with Crippen LogP contribution in [0.4, 0.5) is 10.2 Å². The maximum atomic E-state index is 13.2. The van der Waals surface area contributed by atoms with Crippen LogP contribution in [0.3, 0.4) is 0 Å². The Hall–Kier alpha value is -2.36. The molecule has 1 aliphatic heterocycles. The van der Waals surface area contributed by atoms with Gasteiger partial charge in [-0.15, -0.1) is 11.3 Å². The highest BCUT2D eigenvalue weighted by molar-refractivity contribution is 7.91. The van der Waals surface area contributed by atoms with E-state index in [4.69, 9.17) is 0 Å². The van der Waals surface area contributed by atoms with E-state index in [1.807, 2.05) is 24.0 Å². The van der Waals surface area contributed by atoms with Crippen LogP contribution >= 0.6 is 11.3 Å². The predicted octanol–water partition coefficient (Wildman–Crippen LogP) is 3.42. The molecule has 29 heavy (non-hydrogen) atoms. The summed E-state index contributed by atoms with van der Waals surface area (Å²) in [7, 11) is -3.46. The topological polar surface area (TPSA) is 66.4 Å². The fourth-order valence-corrected chi connectivity index (χ4v) is 6.14. The first-order valence-corrected chi connectivity index (χ1v) is 11.6. The van der Waals surface area contributed by atoms with E-state index in [1.165, 1.54) is 34.1 Å². The molecular formula is C20H21FN4O2S2. The fraction of sp³-hybridized carbons (Fsp3) is 0.300. The van der Waals surface area contributed by atoms with Crippen LogP contribution in [0.15, 0.2) is 53.0 Å². The molecule has 1 fully saturated rings. The molecule has 0 atom stereocenters. The van der Waals surface area contributed by atoms with Crippen LogP contribution in [0.5, 0.6) is 0 Å². The zero-order valence-corrected chi connectivity index (χ0v) is 17.6. The van der Waals surface area contributed by atoms with Crippen molar-refractivity contribution < 1.29 is 12.8 Å². The molecule has 0 spiro atoms. The van der Waals surface area contributed by atoms with Crippen LogP contribution in [0, 0.1) is 5.82 Å². The maximum absolute atomic E-state index is 13.2. The molecule has 1 aromatic carbocycles. The molecule has 0 saturated carbocycles. The molecule has 0 aliphatic carbocycles. The van der Waals surface area contributed by atoms with Gasteiger partial charge in [0.2, 0.25) is 0 Å². The summed E-state index contributed by atoms with van der Waals surface area (Å²) in [5.74, 6) is 0.443. The quantitative estimate of drug-likeness (QED) is 0.618. The van der Waals surface area contributed by atoms with Gasteiger partial charge < -0.3 is 4.90 Å². The van der Waals surface area contributed by atoms with Gasteiger partial charge in [0.25, 0.3) is 10.0 Å². The lowest BCUT2D eigenvalue weighted by atomic mass is 10.1. The molecule has 152 valence electrons. The Labute approximate surface area is 173 Å². The molecule has 0 bridgehead atoms. The van der Waals surface area contributed by atoms with Crippen LogP contribution in [0.1, 0.15) is 11.8 Å². The van der Waals surface area contributed by atoms with Gasteiger partial charge in [-0.1, -0.05) is 6.92 Å². The molecule has 6 nitrogen and oxygen atoms in total. The lowest BCUT2D eigenvalue weighted by Gasteiger charge is -2.34. The van der Waals surface area contributed by atoms with Crippen molar-refractivity contribution in [2.75, 3.05) is 31.1 Å². The van der Waals surface area contributed by atoms with Gasteiger partial charge in [0.05, 0.1) is 5.69 Å². The van der Waals surface area contributed by atoms with Gasteiger partial charge in [-0.2, -0.15) is 4.31 Å². The van der Waals surface area contributed by atoms with Gasteiger partial charge in [0, 0.05) is 42.7 Å². The molecule has 9 heteroatoms. The van der Waals surface area contributed by atoms with Crippen LogP contribution in [-0.4, -0.2) is 48.9 Å². The first kappa shape index (κ1) is 19.9. The number of rotatable bonds is 5. The van der Waals surface area contributed by atoms with Crippen molar-refractivity contribution in [1.29, 1.82) is 0 Å². The smallest absolute Gasteiger partial charge is 0.252 e. The maximum Gasteiger partial charge on any atom is 0.252 e. The van der Waals surface area contributed by atoms with Crippen LogP contribution < -0.4 is 4.90 Å². The second-order valence-corrected chi connectivity index (χ2v) is 10.1. The molecule has 1 aliphatic rings. The zero-order chi connectivity index (χ0) is 20.4. The number of aromatic nitrogens is 2. The lowest BCUT2D eigenvalue weighted by Crippen LogP contribution is -2.48. The third kappa shape index (κ3) is 4.17. The average molecular weight is 433 g/mol. The third-order valence-electron chi connectivity index (χ3n) is 4.93. The van der Waals surface area contributed by atoms with E-state index < -0.39 is 10.0 Å². The van der Waals surface area contributed by atoms with E-state index >= 15 is 0 Å². The molecule has 0 amide bonds. The monoisotopic (exact) mass is 432 g/mol.